The van der Waals surface area contributed by atoms with Crippen molar-refractivity contribution in [3.8, 4) is 5.75 Å². The van der Waals surface area contributed by atoms with E-state index < -0.39 is 0 Å². The number of hydrogen-bond donors (Lipinski definition) is 0. The number of fused-ring (bicyclic) bond motifs is 1. The van der Waals surface area contributed by atoms with Crippen molar-refractivity contribution in [1.82, 2.24) is 9.47 Å². The number of thiocarbonyl (C=S) groups is 1. The van der Waals surface area contributed by atoms with Gasteiger partial charge in [-0.2, -0.15) is 0 Å². The summed E-state index contributed by atoms with van der Waals surface area (Å²) in [4.78, 5) is 3.36. The Labute approximate surface area is 166 Å². The fourth-order valence-corrected chi connectivity index (χ4v) is 4.11. The zero-order valence-corrected chi connectivity index (χ0v) is 16.7. The van der Waals surface area contributed by atoms with Gasteiger partial charge in [0.05, 0.1) is 6.54 Å². The zero-order chi connectivity index (χ0) is 18.6. The lowest BCUT2D eigenvalue weighted by Crippen LogP contribution is -2.34. The first-order valence-electron chi connectivity index (χ1n) is 9.79. The number of rotatable bonds is 5. The number of piperidine rings is 1. The molecule has 4 heteroatoms. The van der Waals surface area contributed by atoms with Gasteiger partial charge in [-0.05, 0) is 44.4 Å². The summed E-state index contributed by atoms with van der Waals surface area (Å²) in [6.07, 6.45) is 6.00. The molecule has 1 aliphatic rings. The van der Waals surface area contributed by atoms with Crippen LogP contribution in [0.15, 0.2) is 54.7 Å². The van der Waals surface area contributed by atoms with Gasteiger partial charge in [-0.3, -0.25) is 0 Å². The quantitative estimate of drug-likeness (QED) is 0.569. The number of nitrogens with zero attached hydrogens (tertiary/aromatic N) is 2. The molecular weight excluding hydrogens is 352 g/mol. The molecule has 0 bridgehead atoms. The third-order valence-electron chi connectivity index (χ3n) is 5.28. The van der Waals surface area contributed by atoms with Crippen LogP contribution in [0.1, 0.15) is 30.4 Å². The van der Waals surface area contributed by atoms with E-state index in [1.54, 1.807) is 0 Å². The van der Waals surface area contributed by atoms with E-state index >= 15 is 0 Å². The summed E-state index contributed by atoms with van der Waals surface area (Å²) in [5.41, 5.74) is 3.65. The Hall–Kier alpha value is -2.33. The molecule has 0 aliphatic carbocycles. The van der Waals surface area contributed by atoms with Crippen LogP contribution in [-0.4, -0.2) is 34.2 Å². The first-order chi connectivity index (χ1) is 13.2. The summed E-state index contributed by atoms with van der Waals surface area (Å²) in [6.45, 7) is 5.68. The molecule has 1 aliphatic heterocycles. The van der Waals surface area contributed by atoms with Crippen LogP contribution in [0.3, 0.4) is 0 Å². The Morgan fingerprint density at radius 2 is 1.74 bits per heavy atom. The van der Waals surface area contributed by atoms with E-state index in [0.717, 1.165) is 30.4 Å². The zero-order valence-electron chi connectivity index (χ0n) is 15.9. The molecule has 3 nitrogen and oxygen atoms in total. The van der Waals surface area contributed by atoms with Crippen molar-refractivity contribution in [2.45, 2.75) is 32.7 Å². The standard InChI is InChI=1S/C23H26N2OS/c1-18-9-11-19(12-10-18)26-16-15-25-17-21(20-7-3-4-8-22(20)25)23(27)24-13-5-2-6-14-24/h3-4,7-12,17H,2,5-6,13-16H2,1H3. The Morgan fingerprint density at radius 1 is 1.00 bits per heavy atom. The number of hydrogen-bond acceptors (Lipinski definition) is 2. The minimum atomic E-state index is 0.637. The Kier molecular flexibility index (Phi) is 5.44. The van der Waals surface area contributed by atoms with Crippen LogP contribution >= 0.6 is 12.2 Å². The van der Waals surface area contributed by atoms with Gasteiger partial charge < -0.3 is 14.2 Å². The summed E-state index contributed by atoms with van der Waals surface area (Å²) < 4.78 is 8.21. The van der Waals surface area contributed by atoms with Crippen LogP contribution in [0.25, 0.3) is 10.9 Å². The predicted molar refractivity (Wildman–Crippen MR) is 116 cm³/mol. The van der Waals surface area contributed by atoms with Gasteiger partial charge in [0, 0.05) is 35.8 Å². The highest BCUT2D eigenvalue weighted by molar-refractivity contribution is 7.80. The van der Waals surface area contributed by atoms with Crippen molar-refractivity contribution < 1.29 is 4.74 Å². The maximum absolute atomic E-state index is 5.94. The van der Waals surface area contributed by atoms with Gasteiger partial charge in [0.1, 0.15) is 17.3 Å². The van der Waals surface area contributed by atoms with Crippen molar-refractivity contribution in [3.05, 3.63) is 65.9 Å². The van der Waals surface area contributed by atoms with Gasteiger partial charge in [0.15, 0.2) is 0 Å². The fraction of sp³-hybridized carbons (Fsp3) is 0.348. The van der Waals surface area contributed by atoms with E-state index in [2.05, 4.69) is 59.0 Å². The normalized spacial score (nSPS) is 14.5. The molecule has 2 heterocycles. The average molecular weight is 379 g/mol. The first-order valence-corrected chi connectivity index (χ1v) is 10.2. The van der Waals surface area contributed by atoms with Gasteiger partial charge in [-0.15, -0.1) is 0 Å². The fourth-order valence-electron chi connectivity index (χ4n) is 3.77. The van der Waals surface area contributed by atoms with Crippen molar-refractivity contribution in [1.29, 1.82) is 0 Å². The van der Waals surface area contributed by atoms with Crippen LogP contribution in [0.4, 0.5) is 0 Å². The number of para-hydroxylation sites is 1. The minimum absolute atomic E-state index is 0.637. The molecule has 1 aromatic heterocycles. The molecule has 0 unspecified atom stereocenters. The van der Waals surface area contributed by atoms with E-state index in [-0.39, 0.29) is 0 Å². The molecule has 4 rings (SSSR count). The molecule has 0 radical (unpaired) electrons. The SMILES string of the molecule is Cc1ccc(OCCn2cc(C(=S)N3CCCCC3)c3ccccc32)cc1. The number of likely N-dealkylation sites (tertiary alicyclic amines) is 1. The lowest BCUT2D eigenvalue weighted by Gasteiger charge is -2.28. The number of aryl methyl sites for hydroxylation is 1. The highest BCUT2D eigenvalue weighted by Crippen LogP contribution is 2.25. The molecule has 140 valence electrons. The van der Waals surface area contributed by atoms with Crippen molar-refractivity contribution >= 4 is 28.1 Å². The van der Waals surface area contributed by atoms with Crippen LogP contribution < -0.4 is 4.74 Å². The molecule has 0 amide bonds. The van der Waals surface area contributed by atoms with Crippen LogP contribution in [0, 0.1) is 6.92 Å². The lowest BCUT2D eigenvalue weighted by molar-refractivity contribution is 0.300. The Bertz CT molecular complexity index is 923. The van der Waals surface area contributed by atoms with E-state index in [9.17, 15) is 0 Å². The van der Waals surface area contributed by atoms with Gasteiger partial charge in [-0.1, -0.05) is 48.1 Å². The monoisotopic (exact) mass is 378 g/mol. The van der Waals surface area contributed by atoms with E-state index in [1.165, 1.54) is 41.3 Å². The summed E-state index contributed by atoms with van der Waals surface area (Å²) in [7, 11) is 0. The van der Waals surface area contributed by atoms with Gasteiger partial charge in [-0.25, -0.2) is 0 Å². The third-order valence-corrected chi connectivity index (χ3v) is 5.76. The topological polar surface area (TPSA) is 17.4 Å². The van der Waals surface area contributed by atoms with Crippen molar-refractivity contribution in [2.75, 3.05) is 19.7 Å². The molecule has 0 saturated carbocycles. The molecule has 0 spiro atoms. The second-order valence-electron chi connectivity index (χ2n) is 7.27. The van der Waals surface area contributed by atoms with Crippen molar-refractivity contribution in [2.24, 2.45) is 0 Å². The van der Waals surface area contributed by atoms with Crippen LogP contribution in [0.2, 0.25) is 0 Å². The molecule has 0 N–H and O–H groups in total. The predicted octanol–water partition coefficient (Wildman–Crippen LogP) is 5.19. The average Bonchev–Trinajstić information content (AvgIpc) is 3.08. The lowest BCUT2D eigenvalue weighted by atomic mass is 10.1. The largest absolute Gasteiger partial charge is 0.492 e. The Balaban J connectivity index is 1.52. The van der Waals surface area contributed by atoms with E-state index in [1.807, 2.05) is 12.1 Å². The van der Waals surface area contributed by atoms with Crippen molar-refractivity contribution in [3.63, 3.8) is 0 Å². The minimum Gasteiger partial charge on any atom is -0.492 e. The second kappa shape index (κ2) is 8.13. The molecule has 0 atom stereocenters. The molecule has 1 fully saturated rings. The number of benzene rings is 2. The number of aromatic nitrogens is 1. The summed E-state index contributed by atoms with van der Waals surface area (Å²) in [6, 6.07) is 16.7. The summed E-state index contributed by atoms with van der Waals surface area (Å²) >= 11 is 5.86. The molecular formula is C23H26N2OS. The smallest absolute Gasteiger partial charge is 0.119 e. The molecule has 3 aromatic rings. The second-order valence-corrected chi connectivity index (χ2v) is 7.65. The molecule has 27 heavy (non-hydrogen) atoms. The Morgan fingerprint density at radius 3 is 2.52 bits per heavy atom. The van der Waals surface area contributed by atoms with Gasteiger partial charge in [0.25, 0.3) is 0 Å². The molecule has 1 saturated heterocycles. The maximum atomic E-state index is 5.94. The maximum Gasteiger partial charge on any atom is 0.119 e. The van der Waals surface area contributed by atoms with Crippen LogP contribution in [-0.2, 0) is 6.54 Å². The highest BCUT2D eigenvalue weighted by Gasteiger charge is 2.19. The molecule has 2 aromatic carbocycles. The highest BCUT2D eigenvalue weighted by atomic mass is 32.1. The summed E-state index contributed by atoms with van der Waals surface area (Å²) in [5.74, 6) is 0.918. The summed E-state index contributed by atoms with van der Waals surface area (Å²) in [5, 5.41) is 1.24. The van der Waals surface area contributed by atoms with Gasteiger partial charge >= 0.3 is 0 Å². The van der Waals surface area contributed by atoms with E-state index in [0.29, 0.717) is 6.61 Å². The van der Waals surface area contributed by atoms with Gasteiger partial charge in [0.2, 0.25) is 0 Å². The first kappa shape index (κ1) is 18.1. The third kappa shape index (κ3) is 4.01. The number of ether oxygens (including phenoxy) is 1. The van der Waals surface area contributed by atoms with E-state index in [4.69, 9.17) is 17.0 Å². The van der Waals surface area contributed by atoms with Crippen LogP contribution in [0.5, 0.6) is 5.75 Å².